The van der Waals surface area contributed by atoms with E-state index in [4.69, 9.17) is 4.74 Å². The molecule has 1 amide bonds. The molecule has 1 atom stereocenters. The van der Waals surface area contributed by atoms with Gasteiger partial charge < -0.3 is 10.1 Å². The summed E-state index contributed by atoms with van der Waals surface area (Å²) in [7, 11) is 0. The number of aromatic nitrogens is 2. The third kappa shape index (κ3) is 4.42. The molecule has 2 aliphatic heterocycles. The summed E-state index contributed by atoms with van der Waals surface area (Å²) in [6.07, 6.45) is 5.29. The summed E-state index contributed by atoms with van der Waals surface area (Å²) in [4.78, 5) is 24.5. The minimum Gasteiger partial charge on any atom is -0.447 e. The molecular formula is C21H27N5O2. The molecule has 2 aromatic rings. The number of benzene rings is 1. The van der Waals surface area contributed by atoms with Crippen molar-refractivity contribution in [1.82, 2.24) is 14.9 Å². The average Bonchev–Trinajstić information content (AvgIpc) is 3.15. The van der Waals surface area contributed by atoms with Gasteiger partial charge in [-0.2, -0.15) is 4.98 Å². The van der Waals surface area contributed by atoms with Crippen molar-refractivity contribution < 1.29 is 9.53 Å². The molecule has 1 aromatic heterocycles. The first-order valence-electron chi connectivity index (χ1n) is 10.0. The second kappa shape index (κ2) is 8.56. The first-order valence-corrected chi connectivity index (χ1v) is 10.0. The zero-order valence-corrected chi connectivity index (χ0v) is 16.3. The zero-order chi connectivity index (χ0) is 19.3. The molecule has 0 unspecified atom stereocenters. The molecule has 0 spiro atoms. The van der Waals surface area contributed by atoms with Crippen LogP contribution in [-0.2, 0) is 11.3 Å². The Morgan fingerprint density at radius 3 is 2.61 bits per heavy atom. The number of piperidine rings is 1. The Bertz CT molecular complexity index is 805. The molecular weight excluding hydrogens is 354 g/mol. The molecule has 2 saturated heterocycles. The van der Waals surface area contributed by atoms with Gasteiger partial charge in [0.1, 0.15) is 12.4 Å². The van der Waals surface area contributed by atoms with Gasteiger partial charge in [-0.1, -0.05) is 30.7 Å². The molecule has 4 rings (SSSR count). The SMILES string of the molecule is C[C@H](Nc1nccc(N2CCOC2=O)n1)c1ccc(CN2CCCCC2)cc1. The minimum atomic E-state index is -0.359. The fourth-order valence-electron chi connectivity index (χ4n) is 3.73. The van der Waals surface area contributed by atoms with Crippen LogP contribution in [0, 0.1) is 0 Å². The molecule has 7 heteroatoms. The van der Waals surface area contributed by atoms with Gasteiger partial charge in [0.05, 0.1) is 12.6 Å². The molecule has 0 aliphatic carbocycles. The highest BCUT2D eigenvalue weighted by Crippen LogP contribution is 2.21. The molecule has 3 heterocycles. The van der Waals surface area contributed by atoms with Gasteiger partial charge in [-0.3, -0.25) is 9.80 Å². The second-order valence-corrected chi connectivity index (χ2v) is 7.45. The van der Waals surface area contributed by atoms with Crippen LogP contribution < -0.4 is 10.2 Å². The molecule has 28 heavy (non-hydrogen) atoms. The summed E-state index contributed by atoms with van der Waals surface area (Å²) < 4.78 is 4.98. The Morgan fingerprint density at radius 1 is 1.11 bits per heavy atom. The van der Waals surface area contributed by atoms with Crippen LogP contribution in [0.2, 0.25) is 0 Å². The van der Waals surface area contributed by atoms with E-state index in [9.17, 15) is 4.79 Å². The van der Waals surface area contributed by atoms with E-state index < -0.39 is 0 Å². The van der Waals surface area contributed by atoms with Crippen molar-refractivity contribution in [2.45, 2.75) is 38.8 Å². The van der Waals surface area contributed by atoms with E-state index >= 15 is 0 Å². The van der Waals surface area contributed by atoms with Crippen LogP contribution in [0.1, 0.15) is 43.4 Å². The number of carbonyl (C=O) groups excluding carboxylic acids is 1. The Morgan fingerprint density at radius 2 is 1.89 bits per heavy atom. The van der Waals surface area contributed by atoms with Crippen molar-refractivity contribution in [3.63, 3.8) is 0 Å². The average molecular weight is 381 g/mol. The molecule has 0 saturated carbocycles. The van der Waals surface area contributed by atoms with Gasteiger partial charge in [-0.25, -0.2) is 9.78 Å². The summed E-state index contributed by atoms with van der Waals surface area (Å²) in [6, 6.07) is 10.5. The predicted molar refractivity (Wildman–Crippen MR) is 108 cm³/mol. The standard InChI is InChI=1S/C21H27N5O2/c1-16(18-7-5-17(6-8-18)15-25-11-3-2-4-12-25)23-20-22-10-9-19(24-20)26-13-14-28-21(26)27/h5-10,16H,2-4,11-15H2,1H3,(H,22,23,24)/t16-/m0/s1. The fourth-order valence-corrected chi connectivity index (χ4v) is 3.73. The van der Waals surface area contributed by atoms with Gasteiger partial charge in [-0.15, -0.1) is 0 Å². The topological polar surface area (TPSA) is 70.6 Å². The van der Waals surface area contributed by atoms with E-state index in [1.807, 2.05) is 0 Å². The lowest BCUT2D eigenvalue weighted by Crippen LogP contribution is -2.29. The van der Waals surface area contributed by atoms with E-state index in [1.54, 1.807) is 12.3 Å². The quantitative estimate of drug-likeness (QED) is 0.825. The van der Waals surface area contributed by atoms with Crippen molar-refractivity contribution in [2.75, 3.05) is 36.5 Å². The fraction of sp³-hybridized carbons (Fsp3) is 0.476. The summed E-state index contributed by atoms with van der Waals surface area (Å²) in [5.74, 6) is 1.06. The smallest absolute Gasteiger partial charge is 0.415 e. The Labute approximate surface area is 165 Å². The van der Waals surface area contributed by atoms with E-state index in [2.05, 4.69) is 51.4 Å². The maximum Gasteiger partial charge on any atom is 0.415 e. The third-order valence-electron chi connectivity index (χ3n) is 5.36. The number of rotatable bonds is 6. The number of nitrogens with zero attached hydrogens (tertiary/aromatic N) is 4. The van der Waals surface area contributed by atoms with Crippen molar-refractivity contribution in [3.05, 3.63) is 47.7 Å². The minimum absolute atomic E-state index is 0.0600. The van der Waals surface area contributed by atoms with Gasteiger partial charge in [0, 0.05) is 12.7 Å². The molecule has 1 aromatic carbocycles. The number of nitrogens with one attached hydrogen (secondary N) is 1. The van der Waals surface area contributed by atoms with Crippen LogP contribution in [0.3, 0.4) is 0 Å². The van der Waals surface area contributed by atoms with Crippen LogP contribution in [0.4, 0.5) is 16.6 Å². The van der Waals surface area contributed by atoms with Crippen LogP contribution in [0.5, 0.6) is 0 Å². The van der Waals surface area contributed by atoms with Crippen molar-refractivity contribution in [3.8, 4) is 0 Å². The lowest BCUT2D eigenvalue weighted by atomic mass is 10.0. The van der Waals surface area contributed by atoms with Gasteiger partial charge in [-0.05, 0) is 50.0 Å². The van der Waals surface area contributed by atoms with Gasteiger partial charge in [0.25, 0.3) is 0 Å². The van der Waals surface area contributed by atoms with Gasteiger partial charge >= 0.3 is 6.09 Å². The monoisotopic (exact) mass is 381 g/mol. The number of anilines is 2. The van der Waals surface area contributed by atoms with Crippen molar-refractivity contribution >= 4 is 17.9 Å². The van der Waals surface area contributed by atoms with E-state index in [1.165, 1.54) is 48.4 Å². The largest absolute Gasteiger partial charge is 0.447 e. The highest BCUT2D eigenvalue weighted by Gasteiger charge is 2.25. The molecule has 2 fully saturated rings. The summed E-state index contributed by atoms with van der Waals surface area (Å²) in [5, 5.41) is 3.33. The van der Waals surface area contributed by atoms with Crippen molar-refractivity contribution in [2.24, 2.45) is 0 Å². The van der Waals surface area contributed by atoms with E-state index in [0.717, 1.165) is 6.54 Å². The normalized spacial score (nSPS) is 18.8. The lowest BCUT2D eigenvalue weighted by molar-refractivity contribution is 0.181. The number of amides is 1. The number of ether oxygens (including phenoxy) is 1. The lowest BCUT2D eigenvalue weighted by Gasteiger charge is -2.26. The molecule has 1 N–H and O–H groups in total. The first-order chi connectivity index (χ1) is 13.7. The van der Waals surface area contributed by atoms with E-state index in [0.29, 0.717) is 24.9 Å². The summed E-state index contributed by atoms with van der Waals surface area (Å²) in [5.41, 5.74) is 2.53. The van der Waals surface area contributed by atoms with E-state index in [-0.39, 0.29) is 12.1 Å². The zero-order valence-electron chi connectivity index (χ0n) is 16.3. The Kier molecular flexibility index (Phi) is 5.71. The molecule has 0 radical (unpaired) electrons. The molecule has 2 aliphatic rings. The van der Waals surface area contributed by atoms with Crippen LogP contribution in [0.15, 0.2) is 36.5 Å². The maximum absolute atomic E-state index is 11.7. The van der Waals surface area contributed by atoms with Gasteiger partial charge in [0.15, 0.2) is 0 Å². The number of carbonyl (C=O) groups is 1. The first kappa shape index (κ1) is 18.7. The van der Waals surface area contributed by atoms with Crippen LogP contribution in [-0.4, -0.2) is 47.2 Å². The summed E-state index contributed by atoms with van der Waals surface area (Å²) >= 11 is 0. The number of cyclic esters (lactones) is 1. The second-order valence-electron chi connectivity index (χ2n) is 7.45. The molecule has 0 bridgehead atoms. The Hall–Kier alpha value is -2.67. The van der Waals surface area contributed by atoms with Crippen LogP contribution in [0.25, 0.3) is 0 Å². The Balaban J connectivity index is 1.38. The third-order valence-corrected chi connectivity index (χ3v) is 5.36. The predicted octanol–water partition coefficient (Wildman–Crippen LogP) is 3.59. The summed E-state index contributed by atoms with van der Waals surface area (Å²) in [6.45, 7) is 6.43. The highest BCUT2D eigenvalue weighted by molar-refractivity contribution is 5.88. The number of hydrogen-bond donors (Lipinski definition) is 1. The molecule has 7 nitrogen and oxygen atoms in total. The number of likely N-dealkylation sites (tertiary alicyclic amines) is 1. The highest BCUT2D eigenvalue weighted by atomic mass is 16.6. The van der Waals surface area contributed by atoms with Crippen LogP contribution >= 0.6 is 0 Å². The van der Waals surface area contributed by atoms with Gasteiger partial charge in [0.2, 0.25) is 5.95 Å². The molecule has 148 valence electrons. The number of hydrogen-bond acceptors (Lipinski definition) is 6. The van der Waals surface area contributed by atoms with Crippen molar-refractivity contribution in [1.29, 1.82) is 0 Å². The maximum atomic E-state index is 11.7.